The maximum absolute atomic E-state index is 12.1. The number of nitrogens with two attached hydrogens (primary N) is 1. The highest BCUT2D eigenvalue weighted by Gasteiger charge is 2.30. The average Bonchev–Trinajstić information content (AvgIpc) is 2.51. The molecule has 7 nitrogen and oxygen atoms in total. The molecule has 0 aromatic heterocycles. The standard InChI is InChI=1S/C15H23F3N4O3S/c1-3-22(26(2,23)24)10-4-9-20-14(19)21-11-12-5-7-13(8-6-12)25-15(16,17)18/h5-8H,3-4,9-11H2,1-2H3,(H3,19,20,21). The van der Waals surface area contributed by atoms with Gasteiger partial charge < -0.3 is 15.8 Å². The zero-order chi connectivity index (χ0) is 19.8. The molecule has 148 valence electrons. The Bertz CT molecular complexity index is 691. The van der Waals surface area contributed by atoms with Gasteiger partial charge in [-0.3, -0.25) is 0 Å². The number of aliphatic imine (C=N–C) groups is 1. The number of halogens is 3. The number of sulfonamides is 1. The maximum Gasteiger partial charge on any atom is 0.573 e. The van der Waals surface area contributed by atoms with Gasteiger partial charge in [-0.2, -0.15) is 0 Å². The molecular weight excluding hydrogens is 373 g/mol. The molecule has 1 aromatic rings. The predicted molar refractivity (Wildman–Crippen MR) is 93.2 cm³/mol. The molecule has 0 aliphatic rings. The Balaban J connectivity index is 2.39. The van der Waals surface area contributed by atoms with E-state index < -0.39 is 16.4 Å². The topological polar surface area (TPSA) is 97.0 Å². The van der Waals surface area contributed by atoms with Gasteiger partial charge in [0.1, 0.15) is 5.75 Å². The van der Waals surface area contributed by atoms with Gasteiger partial charge in [-0.25, -0.2) is 17.7 Å². The fourth-order valence-corrected chi connectivity index (χ4v) is 2.99. The molecule has 0 bridgehead atoms. The fraction of sp³-hybridized carbons (Fsp3) is 0.533. The van der Waals surface area contributed by atoms with Gasteiger partial charge in [0.15, 0.2) is 5.96 Å². The van der Waals surface area contributed by atoms with E-state index in [-0.39, 0.29) is 18.3 Å². The number of hydrogen-bond acceptors (Lipinski definition) is 4. The minimum absolute atomic E-state index is 0.169. The number of nitrogens with one attached hydrogen (secondary N) is 1. The lowest BCUT2D eigenvalue weighted by molar-refractivity contribution is -0.274. The highest BCUT2D eigenvalue weighted by atomic mass is 32.2. The second-order valence-electron chi connectivity index (χ2n) is 5.43. The van der Waals surface area contributed by atoms with Crippen molar-refractivity contribution in [1.29, 1.82) is 0 Å². The van der Waals surface area contributed by atoms with Gasteiger partial charge in [0.25, 0.3) is 0 Å². The molecule has 0 atom stereocenters. The van der Waals surface area contributed by atoms with Crippen LogP contribution in [0, 0.1) is 0 Å². The molecule has 1 aromatic carbocycles. The van der Waals surface area contributed by atoms with Crippen LogP contribution in [0.15, 0.2) is 29.3 Å². The Morgan fingerprint density at radius 3 is 2.42 bits per heavy atom. The van der Waals surface area contributed by atoms with E-state index in [0.29, 0.717) is 31.6 Å². The molecule has 0 heterocycles. The van der Waals surface area contributed by atoms with Crippen LogP contribution in [0.4, 0.5) is 13.2 Å². The molecule has 0 aliphatic heterocycles. The van der Waals surface area contributed by atoms with Crippen LogP contribution < -0.4 is 15.8 Å². The Morgan fingerprint density at radius 1 is 1.31 bits per heavy atom. The van der Waals surface area contributed by atoms with E-state index in [4.69, 9.17) is 5.73 Å². The smallest absolute Gasteiger partial charge is 0.406 e. The molecule has 0 fully saturated rings. The zero-order valence-corrected chi connectivity index (χ0v) is 15.4. The molecule has 0 saturated heterocycles. The van der Waals surface area contributed by atoms with Crippen molar-refractivity contribution in [3.63, 3.8) is 0 Å². The molecule has 0 amide bonds. The first-order valence-electron chi connectivity index (χ1n) is 7.85. The molecule has 0 spiro atoms. The second kappa shape index (κ2) is 9.62. The lowest BCUT2D eigenvalue weighted by Crippen LogP contribution is -2.36. The van der Waals surface area contributed by atoms with Crippen LogP contribution in [0.5, 0.6) is 5.75 Å². The van der Waals surface area contributed by atoms with Crippen LogP contribution in [0.1, 0.15) is 18.9 Å². The van der Waals surface area contributed by atoms with Crippen molar-refractivity contribution in [1.82, 2.24) is 9.62 Å². The van der Waals surface area contributed by atoms with Gasteiger partial charge in [-0.05, 0) is 24.1 Å². The summed E-state index contributed by atoms with van der Waals surface area (Å²) >= 11 is 0. The SMILES string of the molecule is CCN(CCCNC(N)=NCc1ccc(OC(F)(F)F)cc1)S(C)(=O)=O. The van der Waals surface area contributed by atoms with Gasteiger partial charge in [0.05, 0.1) is 12.8 Å². The maximum atomic E-state index is 12.1. The molecule has 11 heteroatoms. The zero-order valence-electron chi connectivity index (χ0n) is 14.6. The third kappa shape index (κ3) is 8.90. The van der Waals surface area contributed by atoms with Gasteiger partial charge in [-0.1, -0.05) is 19.1 Å². The van der Waals surface area contributed by atoms with E-state index in [2.05, 4.69) is 15.0 Å². The molecule has 0 unspecified atom stereocenters. The van der Waals surface area contributed by atoms with Crippen molar-refractivity contribution in [3.8, 4) is 5.75 Å². The molecule has 26 heavy (non-hydrogen) atoms. The summed E-state index contributed by atoms with van der Waals surface area (Å²) in [4.78, 5) is 4.07. The van der Waals surface area contributed by atoms with Crippen molar-refractivity contribution >= 4 is 16.0 Å². The number of guanidine groups is 1. The average molecular weight is 396 g/mol. The van der Waals surface area contributed by atoms with Crippen molar-refractivity contribution in [3.05, 3.63) is 29.8 Å². The quantitative estimate of drug-likeness (QED) is 0.376. The van der Waals surface area contributed by atoms with E-state index in [0.717, 1.165) is 6.26 Å². The number of hydrogen-bond donors (Lipinski definition) is 2. The lowest BCUT2D eigenvalue weighted by atomic mass is 10.2. The normalized spacial score (nSPS) is 13.1. The first-order chi connectivity index (χ1) is 12.0. The largest absolute Gasteiger partial charge is 0.573 e. The number of nitrogens with zero attached hydrogens (tertiary/aromatic N) is 2. The minimum atomic E-state index is -4.72. The minimum Gasteiger partial charge on any atom is -0.406 e. The number of alkyl halides is 3. The summed E-state index contributed by atoms with van der Waals surface area (Å²) in [5, 5.41) is 2.86. The summed E-state index contributed by atoms with van der Waals surface area (Å²) in [7, 11) is -3.21. The van der Waals surface area contributed by atoms with E-state index in [1.165, 1.54) is 28.6 Å². The van der Waals surface area contributed by atoms with Crippen molar-refractivity contribution in [2.24, 2.45) is 10.7 Å². The summed E-state index contributed by atoms with van der Waals surface area (Å²) < 4.78 is 64.2. The van der Waals surface area contributed by atoms with Crippen molar-refractivity contribution < 1.29 is 26.3 Å². The number of benzene rings is 1. The number of rotatable bonds is 9. The molecule has 0 saturated carbocycles. The number of ether oxygens (including phenoxy) is 1. The summed E-state index contributed by atoms with van der Waals surface area (Å²) in [6, 6.07) is 5.32. The van der Waals surface area contributed by atoms with Crippen molar-refractivity contribution in [2.75, 3.05) is 25.9 Å². The van der Waals surface area contributed by atoms with Crippen molar-refractivity contribution in [2.45, 2.75) is 26.3 Å². The van der Waals surface area contributed by atoms with Crippen LogP contribution >= 0.6 is 0 Å². The first-order valence-corrected chi connectivity index (χ1v) is 9.69. The third-order valence-corrected chi connectivity index (χ3v) is 4.68. The summed E-state index contributed by atoms with van der Waals surface area (Å²) in [5.41, 5.74) is 6.37. The first kappa shape index (κ1) is 22.0. The monoisotopic (exact) mass is 396 g/mol. The molecular formula is C15H23F3N4O3S. The van der Waals surface area contributed by atoms with E-state index in [1.807, 2.05) is 0 Å². The Kier molecular flexibility index (Phi) is 8.15. The fourth-order valence-electron chi connectivity index (χ4n) is 2.06. The van der Waals surface area contributed by atoms with E-state index in [1.54, 1.807) is 6.92 Å². The van der Waals surface area contributed by atoms with Gasteiger partial charge in [0, 0.05) is 19.6 Å². The van der Waals surface area contributed by atoms with E-state index in [9.17, 15) is 21.6 Å². The van der Waals surface area contributed by atoms with Crippen LogP contribution in [0.25, 0.3) is 0 Å². The molecule has 0 radical (unpaired) electrons. The predicted octanol–water partition coefficient (Wildman–Crippen LogP) is 1.66. The van der Waals surface area contributed by atoms with Gasteiger partial charge in [-0.15, -0.1) is 13.2 Å². The summed E-state index contributed by atoms with van der Waals surface area (Å²) in [5.74, 6) is -0.134. The summed E-state index contributed by atoms with van der Waals surface area (Å²) in [6.45, 7) is 3.16. The third-order valence-electron chi connectivity index (χ3n) is 3.30. The molecule has 1 rings (SSSR count). The van der Waals surface area contributed by atoms with Crippen LogP contribution in [-0.4, -0.2) is 50.9 Å². The second-order valence-corrected chi connectivity index (χ2v) is 7.41. The van der Waals surface area contributed by atoms with Crippen LogP contribution in [-0.2, 0) is 16.6 Å². The Labute approximate surface area is 151 Å². The molecule has 0 aliphatic carbocycles. The van der Waals surface area contributed by atoms with Crippen LogP contribution in [0.2, 0.25) is 0 Å². The summed E-state index contributed by atoms with van der Waals surface area (Å²) in [6.07, 6.45) is -3.01. The highest BCUT2D eigenvalue weighted by molar-refractivity contribution is 7.88. The Hall–Kier alpha value is -2.01. The van der Waals surface area contributed by atoms with Crippen LogP contribution in [0.3, 0.4) is 0 Å². The Morgan fingerprint density at radius 2 is 1.92 bits per heavy atom. The van der Waals surface area contributed by atoms with Gasteiger partial charge >= 0.3 is 6.36 Å². The van der Waals surface area contributed by atoms with Gasteiger partial charge in [0.2, 0.25) is 10.0 Å². The highest BCUT2D eigenvalue weighted by Crippen LogP contribution is 2.22. The molecule has 3 N–H and O–H groups in total. The lowest BCUT2D eigenvalue weighted by Gasteiger charge is -2.17. The van der Waals surface area contributed by atoms with E-state index >= 15 is 0 Å².